The Balaban J connectivity index is 1.83. The number of methoxy groups -OCH3 is 1. The molecule has 1 heterocycles. The Morgan fingerprint density at radius 1 is 0.920 bits per heavy atom. The number of nitrogens with zero attached hydrogens (tertiary/aromatic N) is 1. The molecule has 4 rings (SSSR count). The Bertz CT molecular complexity index is 1040. The summed E-state index contributed by atoms with van der Waals surface area (Å²) in [5.74, 6) is 0.819. The Morgan fingerprint density at radius 2 is 1.68 bits per heavy atom. The van der Waals surface area contributed by atoms with Gasteiger partial charge in [-0.1, -0.05) is 41.9 Å². The number of hydrogen-bond donors (Lipinski definition) is 1. The van der Waals surface area contributed by atoms with E-state index >= 15 is 0 Å². The molecule has 4 aromatic rings. The van der Waals surface area contributed by atoms with Crippen LogP contribution in [0.3, 0.4) is 0 Å². The molecule has 0 aliphatic rings. The van der Waals surface area contributed by atoms with Crippen molar-refractivity contribution in [2.75, 3.05) is 12.4 Å². The Hall–Kier alpha value is -2.78. The first-order chi connectivity index (χ1) is 12.2. The van der Waals surface area contributed by atoms with E-state index < -0.39 is 0 Å². The topological polar surface area (TPSA) is 34.1 Å². The quantitative estimate of drug-likeness (QED) is 0.483. The molecule has 0 fully saturated rings. The molecule has 0 aliphatic heterocycles. The van der Waals surface area contributed by atoms with Crippen molar-refractivity contribution >= 4 is 39.1 Å². The van der Waals surface area contributed by atoms with Gasteiger partial charge in [0.2, 0.25) is 0 Å². The molecule has 4 heteroatoms. The third kappa shape index (κ3) is 3.11. The lowest BCUT2D eigenvalue weighted by atomic mass is 10.1. The van der Waals surface area contributed by atoms with E-state index in [-0.39, 0.29) is 0 Å². The highest BCUT2D eigenvalue weighted by Crippen LogP contribution is 2.33. The molecule has 0 unspecified atom stereocenters. The maximum Gasteiger partial charge on any atom is 0.119 e. The summed E-state index contributed by atoms with van der Waals surface area (Å²) in [7, 11) is 1.68. The predicted octanol–water partition coefficient (Wildman–Crippen LogP) is 5.66. The summed E-state index contributed by atoms with van der Waals surface area (Å²) in [6.07, 6.45) is 0. The number of ether oxygens (including phenoxy) is 1. The largest absolute Gasteiger partial charge is 0.497 e. The van der Waals surface area contributed by atoms with E-state index in [2.05, 4.69) is 11.4 Å². The van der Waals surface area contributed by atoms with Gasteiger partial charge in [0.05, 0.1) is 23.8 Å². The van der Waals surface area contributed by atoms with Gasteiger partial charge in [-0.05, 0) is 42.0 Å². The van der Waals surface area contributed by atoms with E-state index in [0.29, 0.717) is 6.54 Å². The van der Waals surface area contributed by atoms with E-state index in [0.717, 1.165) is 38.3 Å². The molecule has 1 N–H and O–H groups in total. The van der Waals surface area contributed by atoms with Crippen LogP contribution in [-0.4, -0.2) is 12.1 Å². The molecule has 1 aromatic heterocycles. The maximum absolute atomic E-state index is 5.98. The summed E-state index contributed by atoms with van der Waals surface area (Å²) in [4.78, 5) is 4.77. The highest BCUT2D eigenvalue weighted by Gasteiger charge is 2.10. The van der Waals surface area contributed by atoms with Crippen LogP contribution in [-0.2, 0) is 6.54 Å². The van der Waals surface area contributed by atoms with Crippen LogP contribution in [0.5, 0.6) is 5.75 Å². The van der Waals surface area contributed by atoms with Crippen molar-refractivity contribution in [3.05, 3.63) is 77.3 Å². The molecule has 0 radical (unpaired) electrons. The number of anilines is 1. The molecule has 0 saturated heterocycles. The maximum atomic E-state index is 5.98. The number of nitrogens with one attached hydrogen (secondary N) is 1. The van der Waals surface area contributed by atoms with E-state index in [1.54, 1.807) is 7.11 Å². The number of aromatic nitrogens is 1. The standard InChI is InChI=1S/C21H17ClN2O/c1-25-16-10-11-20-18(12-16)21(17-4-2-3-5-19(17)24-20)23-13-14-6-8-15(22)9-7-14/h2-12H,13H2,1H3,(H,23,24). The van der Waals surface area contributed by atoms with Crippen LogP contribution in [0.4, 0.5) is 5.69 Å². The first-order valence-corrected chi connectivity index (χ1v) is 8.47. The minimum atomic E-state index is 0.706. The van der Waals surface area contributed by atoms with Crippen molar-refractivity contribution in [1.29, 1.82) is 0 Å². The second-order valence-corrected chi connectivity index (χ2v) is 6.30. The van der Waals surface area contributed by atoms with Crippen molar-refractivity contribution in [3.63, 3.8) is 0 Å². The summed E-state index contributed by atoms with van der Waals surface area (Å²) in [5, 5.41) is 6.47. The normalized spacial score (nSPS) is 11.0. The molecule has 25 heavy (non-hydrogen) atoms. The molecular weight excluding hydrogens is 332 g/mol. The summed E-state index contributed by atoms with van der Waals surface area (Å²) in [6.45, 7) is 0.706. The first-order valence-electron chi connectivity index (χ1n) is 8.09. The highest BCUT2D eigenvalue weighted by molar-refractivity contribution is 6.30. The fraction of sp³-hybridized carbons (Fsp3) is 0.0952. The van der Waals surface area contributed by atoms with Gasteiger partial charge in [0.25, 0.3) is 0 Å². The SMILES string of the molecule is COc1ccc2nc3ccccc3c(NCc3ccc(Cl)cc3)c2c1. The third-order valence-corrected chi connectivity index (χ3v) is 4.52. The van der Waals surface area contributed by atoms with E-state index in [1.165, 1.54) is 5.56 Å². The molecule has 0 amide bonds. The predicted molar refractivity (Wildman–Crippen MR) is 105 cm³/mol. The van der Waals surface area contributed by atoms with Crippen molar-refractivity contribution < 1.29 is 4.74 Å². The zero-order chi connectivity index (χ0) is 17.2. The molecule has 0 atom stereocenters. The van der Waals surface area contributed by atoms with Crippen LogP contribution in [0.1, 0.15) is 5.56 Å². The summed E-state index contributed by atoms with van der Waals surface area (Å²) in [6, 6.07) is 22.0. The molecule has 124 valence electrons. The van der Waals surface area contributed by atoms with Crippen LogP contribution in [0, 0.1) is 0 Å². The Morgan fingerprint density at radius 3 is 2.48 bits per heavy atom. The molecule has 3 aromatic carbocycles. The average molecular weight is 349 g/mol. The van der Waals surface area contributed by atoms with Gasteiger partial charge >= 0.3 is 0 Å². The lowest BCUT2D eigenvalue weighted by Crippen LogP contribution is -2.02. The van der Waals surface area contributed by atoms with Crippen LogP contribution in [0.15, 0.2) is 66.7 Å². The molecule has 0 saturated carbocycles. The number of fused-ring (bicyclic) bond motifs is 2. The number of benzene rings is 3. The number of pyridine rings is 1. The van der Waals surface area contributed by atoms with Gasteiger partial charge in [0, 0.05) is 22.3 Å². The minimum Gasteiger partial charge on any atom is -0.497 e. The zero-order valence-corrected chi connectivity index (χ0v) is 14.5. The third-order valence-electron chi connectivity index (χ3n) is 4.27. The van der Waals surface area contributed by atoms with Gasteiger partial charge in [0.15, 0.2) is 0 Å². The van der Waals surface area contributed by atoms with Crippen LogP contribution in [0.25, 0.3) is 21.8 Å². The summed E-state index contributed by atoms with van der Waals surface area (Å²) < 4.78 is 5.40. The lowest BCUT2D eigenvalue weighted by molar-refractivity contribution is 0.415. The number of halogens is 1. The monoisotopic (exact) mass is 348 g/mol. The highest BCUT2D eigenvalue weighted by atomic mass is 35.5. The number of hydrogen-bond acceptors (Lipinski definition) is 3. The van der Waals surface area contributed by atoms with Gasteiger partial charge < -0.3 is 10.1 Å². The molecule has 0 bridgehead atoms. The van der Waals surface area contributed by atoms with E-state index in [1.807, 2.05) is 60.7 Å². The Kier molecular flexibility index (Phi) is 4.16. The first kappa shape index (κ1) is 15.7. The minimum absolute atomic E-state index is 0.706. The smallest absolute Gasteiger partial charge is 0.119 e. The van der Waals surface area contributed by atoms with Crippen molar-refractivity contribution in [2.24, 2.45) is 0 Å². The van der Waals surface area contributed by atoms with Gasteiger partial charge in [-0.15, -0.1) is 0 Å². The average Bonchev–Trinajstić information content (AvgIpc) is 2.66. The van der Waals surface area contributed by atoms with Gasteiger partial charge in [-0.3, -0.25) is 0 Å². The van der Waals surface area contributed by atoms with Gasteiger partial charge in [-0.2, -0.15) is 0 Å². The summed E-state index contributed by atoms with van der Waals surface area (Å²) in [5.41, 5.74) is 4.15. The van der Waals surface area contributed by atoms with Crippen molar-refractivity contribution in [2.45, 2.75) is 6.54 Å². The van der Waals surface area contributed by atoms with E-state index in [4.69, 9.17) is 21.3 Å². The molecule has 3 nitrogen and oxygen atoms in total. The second-order valence-electron chi connectivity index (χ2n) is 5.87. The molecule has 0 spiro atoms. The van der Waals surface area contributed by atoms with Gasteiger partial charge in [-0.25, -0.2) is 4.98 Å². The van der Waals surface area contributed by atoms with Gasteiger partial charge in [0.1, 0.15) is 5.75 Å². The second kappa shape index (κ2) is 6.61. The van der Waals surface area contributed by atoms with Crippen molar-refractivity contribution in [3.8, 4) is 5.75 Å². The Labute approximate surface area is 151 Å². The van der Waals surface area contributed by atoms with Crippen LogP contribution < -0.4 is 10.1 Å². The fourth-order valence-corrected chi connectivity index (χ4v) is 3.11. The number of para-hydroxylation sites is 1. The van der Waals surface area contributed by atoms with Crippen LogP contribution in [0.2, 0.25) is 5.02 Å². The van der Waals surface area contributed by atoms with Crippen molar-refractivity contribution in [1.82, 2.24) is 4.98 Å². The molecule has 0 aliphatic carbocycles. The lowest BCUT2D eigenvalue weighted by Gasteiger charge is -2.14. The fourth-order valence-electron chi connectivity index (χ4n) is 2.98. The van der Waals surface area contributed by atoms with E-state index in [9.17, 15) is 0 Å². The summed E-state index contributed by atoms with van der Waals surface area (Å²) >= 11 is 5.98. The molecular formula is C21H17ClN2O. The van der Waals surface area contributed by atoms with Crippen LogP contribution >= 0.6 is 11.6 Å². The zero-order valence-electron chi connectivity index (χ0n) is 13.8. The number of rotatable bonds is 4.